The summed E-state index contributed by atoms with van der Waals surface area (Å²) in [6.07, 6.45) is 0.967. The Balaban J connectivity index is 1.37. The van der Waals surface area contributed by atoms with Crippen LogP contribution in [0, 0.1) is 5.92 Å². The molecule has 0 saturated heterocycles. The lowest BCUT2D eigenvalue weighted by Gasteiger charge is -2.26. The zero-order chi connectivity index (χ0) is 25.7. The van der Waals surface area contributed by atoms with Crippen LogP contribution < -0.4 is 19.5 Å². The first-order chi connectivity index (χ1) is 17.4. The molecule has 2 N–H and O–H groups in total. The monoisotopic (exact) mass is 536 g/mol. The second kappa shape index (κ2) is 11.9. The smallest absolute Gasteiger partial charge is 0.240 e. The highest BCUT2D eigenvalue weighted by Gasteiger charge is 2.35. The molecule has 5 unspecified atom stereocenters. The minimum Gasteiger partial charge on any atom is -0.486 e. The van der Waals surface area contributed by atoms with Crippen LogP contribution in [0.3, 0.4) is 0 Å². The van der Waals surface area contributed by atoms with Gasteiger partial charge in [-0.3, -0.25) is 4.79 Å². The van der Waals surface area contributed by atoms with Gasteiger partial charge in [0.1, 0.15) is 13.2 Å². The minimum absolute atomic E-state index is 0.0225. The number of rotatable bonds is 11. The number of sulfonamides is 1. The van der Waals surface area contributed by atoms with E-state index in [4.69, 9.17) is 18.9 Å². The summed E-state index contributed by atoms with van der Waals surface area (Å²) in [5.74, 6) is 0.411. The summed E-state index contributed by atoms with van der Waals surface area (Å²) < 4.78 is 50.5. The number of carbonyl (C=O) groups is 1. The molecule has 2 aromatic carbocycles. The molecule has 0 aromatic heterocycles. The highest BCUT2D eigenvalue weighted by Crippen LogP contribution is 2.34. The Kier molecular flexibility index (Phi) is 8.85. The van der Waals surface area contributed by atoms with Crippen LogP contribution in [0.4, 0.5) is 0 Å². The van der Waals surface area contributed by atoms with Crippen molar-refractivity contribution in [3.63, 3.8) is 0 Å². The fraction of sp³-hybridized carbons (Fsp3) is 0.480. The Hall–Kier alpha value is -2.23. The van der Waals surface area contributed by atoms with Gasteiger partial charge in [0.05, 0.1) is 23.1 Å². The second-order valence-electron chi connectivity index (χ2n) is 8.85. The molecule has 196 valence electrons. The molecule has 5 atom stereocenters. The topological polar surface area (TPSA) is 112 Å². The maximum Gasteiger partial charge on any atom is 0.240 e. The fourth-order valence-corrected chi connectivity index (χ4v) is 6.07. The van der Waals surface area contributed by atoms with Crippen LogP contribution in [0.5, 0.6) is 11.5 Å². The van der Waals surface area contributed by atoms with Crippen LogP contribution in [0.15, 0.2) is 47.4 Å². The van der Waals surface area contributed by atoms with Gasteiger partial charge in [0.2, 0.25) is 15.9 Å². The normalized spacial score (nSPS) is 20.4. The second-order valence-corrected chi connectivity index (χ2v) is 11.1. The van der Waals surface area contributed by atoms with E-state index in [1.54, 1.807) is 13.2 Å². The number of nitrogens with one attached hydrogen (secondary N) is 2. The molecule has 1 heterocycles. The van der Waals surface area contributed by atoms with E-state index >= 15 is 0 Å². The first-order valence-electron chi connectivity index (χ1n) is 11.9. The van der Waals surface area contributed by atoms with Crippen LogP contribution in [0.1, 0.15) is 23.6 Å². The molecule has 0 saturated carbocycles. The van der Waals surface area contributed by atoms with E-state index in [2.05, 4.69) is 25.3 Å². The SMILES string of the molecule is COC(CNS(=O)(=O)c1ccc2c(c1)OCCO2)CC(CP)C(=O)NC1c2ccccc2CC1OC. The van der Waals surface area contributed by atoms with E-state index in [1.807, 2.05) is 18.2 Å². The summed E-state index contributed by atoms with van der Waals surface area (Å²) in [6, 6.07) is 12.3. The predicted octanol–water partition coefficient (Wildman–Crippen LogP) is 2.06. The first-order valence-corrected chi connectivity index (χ1v) is 14.2. The summed E-state index contributed by atoms with van der Waals surface area (Å²) in [4.78, 5) is 13.3. The number of fused-ring (bicyclic) bond motifs is 2. The quantitative estimate of drug-likeness (QED) is 0.423. The lowest BCUT2D eigenvalue weighted by Crippen LogP contribution is -2.41. The number of methoxy groups -OCH3 is 2. The van der Waals surface area contributed by atoms with Gasteiger partial charge in [-0.15, -0.1) is 9.24 Å². The molecule has 0 fully saturated rings. The average molecular weight is 537 g/mol. The van der Waals surface area contributed by atoms with E-state index in [1.165, 1.54) is 24.8 Å². The maximum atomic E-state index is 13.2. The summed E-state index contributed by atoms with van der Waals surface area (Å²) in [6.45, 7) is 0.817. The van der Waals surface area contributed by atoms with Gasteiger partial charge in [-0.2, -0.15) is 0 Å². The van der Waals surface area contributed by atoms with E-state index in [0.717, 1.165) is 12.0 Å². The Bertz CT molecular complexity index is 1180. The van der Waals surface area contributed by atoms with Crippen molar-refractivity contribution in [2.45, 2.75) is 36.0 Å². The van der Waals surface area contributed by atoms with E-state index in [0.29, 0.717) is 37.3 Å². The standard InChI is InChI=1S/C25H33N2O7PS/c1-31-18(14-26-36(29,30)19-7-8-21-22(13-19)34-10-9-33-21)11-17(15-35)25(28)27-24-20-6-4-3-5-16(20)12-23(24)32-2/h3-8,13,17-18,23-24,26H,9-12,14-15,35H2,1-2H3,(H,27,28). The van der Waals surface area contributed by atoms with Crippen molar-refractivity contribution in [2.24, 2.45) is 5.92 Å². The molecule has 0 spiro atoms. The molecule has 1 amide bonds. The number of carbonyl (C=O) groups excluding carboxylic acids is 1. The third-order valence-electron chi connectivity index (χ3n) is 6.64. The highest BCUT2D eigenvalue weighted by atomic mass is 32.2. The summed E-state index contributed by atoms with van der Waals surface area (Å²) in [5.41, 5.74) is 2.23. The van der Waals surface area contributed by atoms with Crippen LogP contribution in [0.25, 0.3) is 0 Å². The van der Waals surface area contributed by atoms with Crippen LogP contribution in [-0.2, 0) is 30.7 Å². The first kappa shape index (κ1) is 26.8. The van der Waals surface area contributed by atoms with E-state index in [-0.39, 0.29) is 35.4 Å². The molecule has 2 aromatic rings. The predicted molar refractivity (Wildman–Crippen MR) is 138 cm³/mol. The Morgan fingerprint density at radius 1 is 1.14 bits per heavy atom. The zero-order valence-electron chi connectivity index (χ0n) is 20.4. The van der Waals surface area contributed by atoms with Crippen LogP contribution in [0.2, 0.25) is 0 Å². The molecular formula is C25H33N2O7PS. The van der Waals surface area contributed by atoms with Gasteiger partial charge in [-0.1, -0.05) is 24.3 Å². The molecule has 0 bridgehead atoms. The summed E-state index contributed by atoms with van der Waals surface area (Å²) in [5, 5.41) is 3.15. The van der Waals surface area contributed by atoms with Crippen LogP contribution in [-0.4, -0.2) is 66.7 Å². The molecule has 4 rings (SSSR count). The Morgan fingerprint density at radius 2 is 1.89 bits per heavy atom. The van der Waals surface area contributed by atoms with Crippen molar-refractivity contribution in [3.8, 4) is 11.5 Å². The molecular weight excluding hydrogens is 503 g/mol. The number of benzene rings is 2. The van der Waals surface area contributed by atoms with Crippen molar-refractivity contribution in [2.75, 3.05) is 40.1 Å². The number of hydrogen-bond acceptors (Lipinski definition) is 7. The molecule has 36 heavy (non-hydrogen) atoms. The number of hydrogen-bond donors (Lipinski definition) is 2. The van der Waals surface area contributed by atoms with Crippen molar-refractivity contribution in [1.29, 1.82) is 0 Å². The molecule has 11 heteroatoms. The van der Waals surface area contributed by atoms with Crippen molar-refractivity contribution in [1.82, 2.24) is 10.0 Å². The van der Waals surface area contributed by atoms with Crippen molar-refractivity contribution in [3.05, 3.63) is 53.6 Å². The Labute approximate surface area is 214 Å². The lowest BCUT2D eigenvalue weighted by molar-refractivity contribution is -0.127. The highest BCUT2D eigenvalue weighted by molar-refractivity contribution is 7.89. The molecule has 0 radical (unpaired) electrons. The maximum absolute atomic E-state index is 13.2. The minimum atomic E-state index is -3.81. The largest absolute Gasteiger partial charge is 0.486 e. The lowest BCUT2D eigenvalue weighted by atomic mass is 10.0. The number of ether oxygens (including phenoxy) is 4. The van der Waals surface area contributed by atoms with Gasteiger partial charge in [0, 0.05) is 39.2 Å². The van der Waals surface area contributed by atoms with Gasteiger partial charge < -0.3 is 24.3 Å². The van der Waals surface area contributed by atoms with Gasteiger partial charge in [0.25, 0.3) is 0 Å². The van der Waals surface area contributed by atoms with Crippen LogP contribution >= 0.6 is 9.24 Å². The molecule has 9 nitrogen and oxygen atoms in total. The van der Waals surface area contributed by atoms with Gasteiger partial charge >= 0.3 is 0 Å². The zero-order valence-corrected chi connectivity index (χ0v) is 22.4. The third-order valence-corrected chi connectivity index (χ3v) is 8.63. The third kappa shape index (κ3) is 6.01. The molecule has 2 aliphatic rings. The average Bonchev–Trinajstić information content (AvgIpc) is 3.25. The summed E-state index contributed by atoms with van der Waals surface area (Å²) in [7, 11) is 1.95. The van der Waals surface area contributed by atoms with Crippen molar-refractivity contribution < 1.29 is 32.2 Å². The fourth-order valence-electron chi connectivity index (χ4n) is 4.59. The molecule has 1 aliphatic heterocycles. The summed E-state index contributed by atoms with van der Waals surface area (Å²) >= 11 is 0. The van der Waals surface area contributed by atoms with Gasteiger partial charge in [-0.25, -0.2) is 13.1 Å². The van der Waals surface area contributed by atoms with Gasteiger partial charge in [0.15, 0.2) is 11.5 Å². The van der Waals surface area contributed by atoms with E-state index in [9.17, 15) is 13.2 Å². The van der Waals surface area contributed by atoms with Crippen molar-refractivity contribution >= 4 is 25.2 Å². The number of amides is 1. The van der Waals surface area contributed by atoms with Gasteiger partial charge in [-0.05, 0) is 35.8 Å². The molecule has 1 aliphatic carbocycles. The Morgan fingerprint density at radius 3 is 2.61 bits per heavy atom. The van der Waals surface area contributed by atoms with E-state index < -0.39 is 16.1 Å².